The number of rotatable bonds is 1. The normalized spacial score (nSPS) is 52.4. The summed E-state index contributed by atoms with van der Waals surface area (Å²) in [5, 5.41) is -1.35. The molecule has 2 bridgehead atoms. The molecule has 2 saturated heterocycles. The van der Waals surface area contributed by atoms with Crippen LogP contribution in [0.2, 0.25) is 0 Å². The summed E-state index contributed by atoms with van der Waals surface area (Å²) in [4.78, 5) is 11.8. The number of Topliss-reactive ketones (excluding diaryl/α,β-unsaturated/α-hetero) is 1. The average Bonchev–Trinajstić information content (AvgIpc) is 2.52. The Morgan fingerprint density at radius 3 is 2.71 bits per heavy atom. The molecule has 2 fully saturated rings. The van der Waals surface area contributed by atoms with E-state index in [1.54, 1.807) is 0 Å². The van der Waals surface area contributed by atoms with Crippen LogP contribution in [-0.2, 0) is 9.53 Å². The first-order valence-corrected chi connectivity index (χ1v) is 5.55. The van der Waals surface area contributed by atoms with E-state index in [1.165, 1.54) is 0 Å². The van der Waals surface area contributed by atoms with Gasteiger partial charge in [0.15, 0.2) is 5.78 Å². The van der Waals surface area contributed by atoms with Crippen LogP contribution in [0, 0.1) is 0 Å². The van der Waals surface area contributed by atoms with Gasteiger partial charge in [-0.15, -0.1) is 23.2 Å². The van der Waals surface area contributed by atoms with Gasteiger partial charge >= 0.3 is 0 Å². The number of fused-ring (bicyclic) bond motifs is 2. The van der Waals surface area contributed by atoms with Gasteiger partial charge in [-0.25, -0.2) is 0 Å². The van der Waals surface area contributed by atoms with E-state index >= 15 is 0 Å². The smallest absolute Gasteiger partial charge is 0.174 e. The summed E-state index contributed by atoms with van der Waals surface area (Å²) in [6.07, 6.45) is 1.45. The van der Waals surface area contributed by atoms with Gasteiger partial charge in [0.25, 0.3) is 0 Å². The first-order valence-electron chi connectivity index (χ1n) is 4.67. The summed E-state index contributed by atoms with van der Waals surface area (Å²) >= 11 is 12.0. The molecule has 2 aliphatic heterocycles. The van der Waals surface area contributed by atoms with E-state index in [1.807, 2.05) is 6.92 Å². The fourth-order valence-corrected chi connectivity index (χ4v) is 3.03. The van der Waals surface area contributed by atoms with Crippen LogP contribution in [0.1, 0.15) is 19.8 Å². The molecule has 0 saturated carbocycles. The molecule has 0 radical (unpaired) electrons. The minimum atomic E-state index is -0.703. The predicted octanol–water partition coefficient (Wildman–Crippen LogP) is 1.05. The Morgan fingerprint density at radius 2 is 2.14 bits per heavy atom. The molecular weight excluding hydrogens is 225 g/mol. The Balaban J connectivity index is 2.39. The van der Waals surface area contributed by atoms with Crippen molar-refractivity contribution < 1.29 is 9.53 Å². The van der Waals surface area contributed by atoms with Gasteiger partial charge in [-0.2, -0.15) is 0 Å². The minimum Gasteiger partial charge on any atom is -0.363 e. The van der Waals surface area contributed by atoms with Crippen LogP contribution in [0.25, 0.3) is 0 Å². The Labute approximate surface area is 92.9 Å². The standard InChI is InChI=1S/C9H13Cl2NO2/c1-8-2-3-9(4-12,14-8)7(11)5(13)6(8)10/h6-7H,2-4,12H2,1H3/t6-,7+,8-,9?/m0/s1. The van der Waals surface area contributed by atoms with Crippen molar-refractivity contribution in [2.75, 3.05) is 6.54 Å². The van der Waals surface area contributed by atoms with E-state index in [-0.39, 0.29) is 12.3 Å². The third-order valence-electron chi connectivity index (χ3n) is 3.32. The van der Waals surface area contributed by atoms with Crippen LogP contribution >= 0.6 is 23.2 Å². The molecular formula is C9H13Cl2NO2. The Bertz CT molecular complexity index is 286. The van der Waals surface area contributed by atoms with Crippen molar-refractivity contribution in [3.8, 4) is 0 Å². The van der Waals surface area contributed by atoms with E-state index in [9.17, 15) is 4.79 Å². The SMILES string of the molecule is C[C@@]12CCC(CN)(O1)[C@H](Cl)C(=O)[C@@H]2Cl. The molecule has 1 unspecified atom stereocenters. The number of hydrogen-bond donors (Lipinski definition) is 1. The molecule has 5 heteroatoms. The second-order valence-corrected chi connectivity index (χ2v) is 5.18. The molecule has 0 aromatic carbocycles. The molecule has 2 heterocycles. The van der Waals surface area contributed by atoms with E-state index in [0.29, 0.717) is 6.42 Å². The molecule has 80 valence electrons. The second kappa shape index (κ2) is 3.08. The summed E-state index contributed by atoms with van der Waals surface area (Å²) < 4.78 is 5.81. The summed E-state index contributed by atoms with van der Waals surface area (Å²) in [5.41, 5.74) is 4.37. The molecule has 14 heavy (non-hydrogen) atoms. The van der Waals surface area contributed by atoms with E-state index in [0.717, 1.165) is 6.42 Å². The van der Waals surface area contributed by atoms with Crippen LogP contribution < -0.4 is 5.73 Å². The van der Waals surface area contributed by atoms with Gasteiger partial charge in [0.1, 0.15) is 16.4 Å². The Kier molecular flexibility index (Phi) is 2.35. The van der Waals surface area contributed by atoms with Gasteiger partial charge in [-0.3, -0.25) is 4.79 Å². The van der Waals surface area contributed by atoms with Crippen LogP contribution in [0.4, 0.5) is 0 Å². The molecule has 0 aliphatic carbocycles. The lowest BCUT2D eigenvalue weighted by Crippen LogP contribution is -2.60. The average molecular weight is 238 g/mol. The van der Waals surface area contributed by atoms with Crippen molar-refractivity contribution in [3.63, 3.8) is 0 Å². The Morgan fingerprint density at radius 1 is 1.50 bits per heavy atom. The number of ether oxygens (including phenoxy) is 1. The highest BCUT2D eigenvalue weighted by atomic mass is 35.5. The van der Waals surface area contributed by atoms with E-state index in [2.05, 4.69) is 0 Å². The highest BCUT2D eigenvalue weighted by Gasteiger charge is 2.62. The zero-order chi connectivity index (χ0) is 10.6. The van der Waals surface area contributed by atoms with Crippen molar-refractivity contribution >= 4 is 29.0 Å². The van der Waals surface area contributed by atoms with E-state index in [4.69, 9.17) is 33.7 Å². The third-order valence-corrected chi connectivity index (χ3v) is 4.61. The molecule has 2 N–H and O–H groups in total. The summed E-state index contributed by atoms with van der Waals surface area (Å²) in [6, 6.07) is 0. The zero-order valence-corrected chi connectivity index (χ0v) is 9.44. The Hall–Kier alpha value is 0.170. The first-order chi connectivity index (χ1) is 6.45. The van der Waals surface area contributed by atoms with Crippen LogP contribution in [0.3, 0.4) is 0 Å². The molecule has 0 spiro atoms. The number of carbonyl (C=O) groups excluding carboxylic acids is 1. The summed E-state index contributed by atoms with van der Waals surface area (Å²) in [7, 11) is 0. The lowest BCUT2D eigenvalue weighted by Gasteiger charge is -2.42. The highest BCUT2D eigenvalue weighted by molar-refractivity contribution is 6.41. The molecule has 0 aromatic heterocycles. The predicted molar refractivity (Wildman–Crippen MR) is 54.8 cm³/mol. The zero-order valence-electron chi connectivity index (χ0n) is 7.93. The lowest BCUT2D eigenvalue weighted by molar-refractivity contribution is -0.151. The van der Waals surface area contributed by atoms with Gasteiger partial charge in [-0.05, 0) is 19.8 Å². The van der Waals surface area contributed by atoms with Crippen molar-refractivity contribution in [1.29, 1.82) is 0 Å². The lowest BCUT2D eigenvalue weighted by atomic mass is 9.91. The quantitative estimate of drug-likeness (QED) is 0.694. The van der Waals surface area contributed by atoms with Crippen molar-refractivity contribution in [2.24, 2.45) is 5.73 Å². The summed E-state index contributed by atoms with van der Waals surface area (Å²) in [5.74, 6) is -0.148. The first kappa shape index (κ1) is 10.7. The molecule has 2 rings (SSSR count). The molecule has 0 aromatic rings. The second-order valence-electron chi connectivity index (χ2n) is 4.31. The van der Waals surface area contributed by atoms with Crippen LogP contribution in [-0.4, -0.2) is 34.3 Å². The maximum Gasteiger partial charge on any atom is 0.174 e. The van der Waals surface area contributed by atoms with Crippen molar-refractivity contribution in [1.82, 2.24) is 0 Å². The number of hydrogen-bond acceptors (Lipinski definition) is 3. The largest absolute Gasteiger partial charge is 0.363 e. The van der Waals surface area contributed by atoms with Gasteiger partial charge in [-0.1, -0.05) is 0 Å². The molecule has 0 amide bonds. The number of nitrogens with two attached hydrogens (primary N) is 1. The highest BCUT2D eigenvalue weighted by Crippen LogP contribution is 2.49. The molecule has 3 nitrogen and oxygen atoms in total. The van der Waals surface area contributed by atoms with Gasteiger partial charge in [0, 0.05) is 6.54 Å². The van der Waals surface area contributed by atoms with Gasteiger partial charge < -0.3 is 10.5 Å². The van der Waals surface area contributed by atoms with E-state index < -0.39 is 22.0 Å². The van der Waals surface area contributed by atoms with Gasteiger partial charge in [0.2, 0.25) is 0 Å². The fourth-order valence-electron chi connectivity index (χ4n) is 2.32. The number of ketones is 1. The minimum absolute atomic E-state index is 0.148. The van der Waals surface area contributed by atoms with Crippen molar-refractivity contribution in [2.45, 2.75) is 41.7 Å². The number of alkyl halides is 2. The molecule has 2 aliphatic rings. The monoisotopic (exact) mass is 237 g/mol. The topological polar surface area (TPSA) is 52.3 Å². The maximum absolute atomic E-state index is 11.8. The van der Waals surface area contributed by atoms with Crippen molar-refractivity contribution in [3.05, 3.63) is 0 Å². The summed E-state index contributed by atoms with van der Waals surface area (Å²) in [6.45, 7) is 2.12. The molecule has 4 atom stereocenters. The fraction of sp³-hybridized carbons (Fsp3) is 0.889. The van der Waals surface area contributed by atoms with Crippen LogP contribution in [0.5, 0.6) is 0 Å². The number of halogens is 2. The number of carbonyl (C=O) groups is 1. The third kappa shape index (κ3) is 1.16. The van der Waals surface area contributed by atoms with Crippen LogP contribution in [0.15, 0.2) is 0 Å². The maximum atomic E-state index is 11.8. The van der Waals surface area contributed by atoms with Gasteiger partial charge in [0.05, 0.1) is 5.60 Å².